The zero-order chi connectivity index (χ0) is 17.7. The van der Waals surface area contributed by atoms with Gasteiger partial charge >= 0.3 is 0 Å². The Hall–Kier alpha value is -1.64. The molecule has 0 aliphatic carbocycles. The van der Waals surface area contributed by atoms with E-state index in [2.05, 4.69) is 15.5 Å². The molecule has 0 saturated carbocycles. The van der Waals surface area contributed by atoms with E-state index in [1.54, 1.807) is 29.7 Å². The summed E-state index contributed by atoms with van der Waals surface area (Å²) in [5, 5.41) is 11.2. The molecule has 1 aromatic carbocycles. The second kappa shape index (κ2) is 9.74. The van der Waals surface area contributed by atoms with Crippen LogP contribution >= 0.6 is 24.2 Å². The minimum Gasteiger partial charge on any atom is -0.353 e. The van der Waals surface area contributed by atoms with Gasteiger partial charge in [0.25, 0.3) is 0 Å². The van der Waals surface area contributed by atoms with Crippen molar-refractivity contribution in [1.82, 2.24) is 20.1 Å². The van der Waals surface area contributed by atoms with E-state index in [0.29, 0.717) is 29.6 Å². The molecule has 0 saturated heterocycles. The Kier molecular flexibility index (Phi) is 8.34. The molecule has 6 nitrogen and oxygen atoms in total. The third-order valence-corrected chi connectivity index (χ3v) is 4.29. The number of nitrogens with zero attached hydrogens (tertiary/aromatic N) is 3. The van der Waals surface area contributed by atoms with Crippen LogP contribution in [0.15, 0.2) is 29.4 Å². The van der Waals surface area contributed by atoms with Gasteiger partial charge in [0, 0.05) is 12.5 Å². The van der Waals surface area contributed by atoms with E-state index in [1.165, 1.54) is 17.8 Å². The first-order valence-electron chi connectivity index (χ1n) is 7.80. The lowest BCUT2D eigenvalue weighted by molar-refractivity contribution is -0.120. The van der Waals surface area contributed by atoms with Gasteiger partial charge in [-0.1, -0.05) is 23.9 Å². The molecule has 2 aromatic rings. The second-order valence-electron chi connectivity index (χ2n) is 5.65. The molecule has 0 spiro atoms. The van der Waals surface area contributed by atoms with Gasteiger partial charge in [-0.05, 0) is 39.4 Å². The molecule has 2 rings (SSSR count). The number of hydrogen-bond donors (Lipinski definition) is 2. The van der Waals surface area contributed by atoms with Crippen LogP contribution in [0, 0.1) is 5.82 Å². The van der Waals surface area contributed by atoms with Gasteiger partial charge < -0.3 is 11.1 Å². The smallest absolute Gasteiger partial charge is 0.233 e. The average molecular weight is 388 g/mol. The van der Waals surface area contributed by atoms with Crippen molar-refractivity contribution < 1.29 is 9.18 Å². The van der Waals surface area contributed by atoms with Crippen molar-refractivity contribution in [3.8, 4) is 5.69 Å². The van der Waals surface area contributed by atoms with Crippen molar-refractivity contribution in [2.24, 2.45) is 5.73 Å². The van der Waals surface area contributed by atoms with Crippen molar-refractivity contribution in [2.45, 2.75) is 43.6 Å². The van der Waals surface area contributed by atoms with Gasteiger partial charge in [0.05, 0.1) is 10.9 Å². The van der Waals surface area contributed by atoms with Crippen molar-refractivity contribution in [3.63, 3.8) is 0 Å². The number of thioether (sulfide) groups is 1. The van der Waals surface area contributed by atoms with E-state index in [9.17, 15) is 9.18 Å². The first-order valence-corrected chi connectivity index (χ1v) is 8.68. The van der Waals surface area contributed by atoms with Gasteiger partial charge in [-0.15, -0.1) is 22.6 Å². The molecular formula is C16H23ClFN5OS. The number of benzene rings is 1. The number of rotatable bonds is 7. The van der Waals surface area contributed by atoms with Gasteiger partial charge in [0.15, 0.2) is 5.16 Å². The minimum atomic E-state index is -0.382. The van der Waals surface area contributed by atoms with Gasteiger partial charge in [0.1, 0.15) is 11.6 Å². The summed E-state index contributed by atoms with van der Waals surface area (Å²) in [5.74, 6) is 0.0942. The maximum atomic E-state index is 14.2. The summed E-state index contributed by atoms with van der Waals surface area (Å²) in [7, 11) is 0. The Balaban J connectivity index is 0.00000312. The van der Waals surface area contributed by atoms with Gasteiger partial charge in [-0.3, -0.25) is 9.36 Å². The zero-order valence-corrected chi connectivity index (χ0v) is 16.0. The number of halogens is 2. The van der Waals surface area contributed by atoms with E-state index in [1.807, 2.05) is 13.8 Å². The Morgan fingerprint density at radius 1 is 1.32 bits per heavy atom. The molecule has 0 fully saturated rings. The van der Waals surface area contributed by atoms with Crippen LogP contribution in [0.3, 0.4) is 0 Å². The monoisotopic (exact) mass is 387 g/mol. The lowest BCUT2D eigenvalue weighted by atomic mass is 10.3. The Morgan fingerprint density at radius 2 is 2.00 bits per heavy atom. The maximum Gasteiger partial charge on any atom is 0.233 e. The number of nitrogens with one attached hydrogen (secondary N) is 1. The number of para-hydroxylation sites is 1. The molecule has 25 heavy (non-hydrogen) atoms. The highest BCUT2D eigenvalue weighted by molar-refractivity contribution is 8.00. The van der Waals surface area contributed by atoms with Crippen LogP contribution in [0.25, 0.3) is 5.69 Å². The molecule has 0 radical (unpaired) electrons. The predicted molar refractivity (Wildman–Crippen MR) is 99.9 cm³/mol. The summed E-state index contributed by atoms with van der Waals surface area (Å²) in [6.07, 6.45) is 0.467. The molecule has 9 heteroatoms. The third-order valence-electron chi connectivity index (χ3n) is 3.24. The van der Waals surface area contributed by atoms with E-state index in [0.717, 1.165) is 0 Å². The summed E-state index contributed by atoms with van der Waals surface area (Å²) < 4.78 is 15.9. The fraction of sp³-hybridized carbons (Fsp3) is 0.438. The van der Waals surface area contributed by atoms with Crippen LogP contribution in [0.2, 0.25) is 0 Å². The number of carbonyl (C=O) groups excluding carboxylic acids is 1. The molecular weight excluding hydrogens is 365 g/mol. The van der Waals surface area contributed by atoms with Crippen LogP contribution < -0.4 is 11.1 Å². The summed E-state index contributed by atoms with van der Waals surface area (Å²) in [6, 6.07) is 6.45. The lowest BCUT2D eigenvalue weighted by Crippen LogP contribution is -2.36. The van der Waals surface area contributed by atoms with Crippen LogP contribution in [0.5, 0.6) is 0 Å². The van der Waals surface area contributed by atoms with Crippen LogP contribution in [-0.2, 0) is 11.2 Å². The van der Waals surface area contributed by atoms with Gasteiger partial charge in [-0.25, -0.2) is 4.39 Å². The third kappa shape index (κ3) is 5.42. The average Bonchev–Trinajstić information content (AvgIpc) is 2.90. The quantitative estimate of drug-likeness (QED) is 0.712. The SMILES string of the molecule is CC(C)NC(=O)C(C)Sc1nnc(CCN)n1-c1ccccc1F.Cl. The molecule has 0 aliphatic rings. The Morgan fingerprint density at radius 3 is 2.60 bits per heavy atom. The lowest BCUT2D eigenvalue weighted by Gasteiger charge is -2.15. The number of carbonyl (C=O) groups is 1. The van der Waals surface area contributed by atoms with E-state index >= 15 is 0 Å². The Labute approximate surface area is 157 Å². The number of amides is 1. The van der Waals surface area contributed by atoms with E-state index in [4.69, 9.17) is 5.73 Å². The topological polar surface area (TPSA) is 85.8 Å². The van der Waals surface area contributed by atoms with Crippen molar-refractivity contribution in [2.75, 3.05) is 6.54 Å². The summed E-state index contributed by atoms with van der Waals surface area (Å²) in [4.78, 5) is 12.1. The van der Waals surface area contributed by atoms with E-state index in [-0.39, 0.29) is 35.4 Å². The summed E-state index contributed by atoms with van der Waals surface area (Å²) >= 11 is 1.24. The first-order chi connectivity index (χ1) is 11.4. The Bertz CT molecular complexity index is 710. The number of nitrogens with two attached hydrogens (primary N) is 1. The molecule has 138 valence electrons. The fourth-order valence-corrected chi connectivity index (χ4v) is 3.04. The summed E-state index contributed by atoms with van der Waals surface area (Å²) in [6.45, 7) is 5.96. The predicted octanol–water partition coefficient (Wildman–Crippen LogP) is 2.33. The highest BCUT2D eigenvalue weighted by Gasteiger charge is 2.22. The van der Waals surface area contributed by atoms with Crippen LogP contribution in [0.4, 0.5) is 4.39 Å². The van der Waals surface area contributed by atoms with Crippen molar-refractivity contribution in [3.05, 3.63) is 35.9 Å². The van der Waals surface area contributed by atoms with Gasteiger partial charge in [0.2, 0.25) is 5.91 Å². The number of hydrogen-bond acceptors (Lipinski definition) is 5. The minimum absolute atomic E-state index is 0. The van der Waals surface area contributed by atoms with Crippen LogP contribution in [0.1, 0.15) is 26.6 Å². The molecule has 1 amide bonds. The van der Waals surface area contributed by atoms with Gasteiger partial charge in [-0.2, -0.15) is 0 Å². The highest BCUT2D eigenvalue weighted by Crippen LogP contribution is 2.27. The van der Waals surface area contributed by atoms with Crippen molar-refractivity contribution in [1.29, 1.82) is 0 Å². The number of aromatic nitrogens is 3. The van der Waals surface area contributed by atoms with E-state index < -0.39 is 0 Å². The molecule has 0 aliphatic heterocycles. The second-order valence-corrected chi connectivity index (χ2v) is 6.96. The highest BCUT2D eigenvalue weighted by atomic mass is 35.5. The summed E-state index contributed by atoms with van der Waals surface area (Å²) in [5.41, 5.74) is 5.97. The normalized spacial score (nSPS) is 11.9. The molecule has 0 bridgehead atoms. The fourth-order valence-electron chi connectivity index (χ4n) is 2.16. The molecule has 3 N–H and O–H groups in total. The molecule has 1 unspecified atom stereocenters. The largest absolute Gasteiger partial charge is 0.353 e. The molecule has 1 heterocycles. The maximum absolute atomic E-state index is 14.2. The molecule has 1 aromatic heterocycles. The van der Waals surface area contributed by atoms with Crippen LogP contribution in [-0.4, -0.2) is 38.5 Å². The zero-order valence-electron chi connectivity index (χ0n) is 14.4. The molecule has 1 atom stereocenters. The van der Waals surface area contributed by atoms with Crippen molar-refractivity contribution >= 4 is 30.1 Å². The first kappa shape index (κ1) is 21.4. The standard InChI is InChI=1S/C16H22FN5OS.ClH/c1-10(2)19-15(23)11(3)24-16-21-20-14(8-9-18)22(16)13-7-5-4-6-12(13)17;/h4-7,10-11H,8-9,18H2,1-3H3,(H,19,23);1H.